The summed E-state index contributed by atoms with van der Waals surface area (Å²) >= 11 is 1.75. The molecular formula is C16H37N3O2S. The van der Waals surface area contributed by atoms with Crippen molar-refractivity contribution in [3.63, 3.8) is 0 Å². The Balaban J connectivity index is -0.0000000971. The van der Waals surface area contributed by atoms with E-state index in [9.17, 15) is 4.79 Å². The van der Waals surface area contributed by atoms with E-state index in [1.807, 2.05) is 72.0 Å². The Morgan fingerprint density at radius 2 is 1.55 bits per heavy atom. The van der Waals surface area contributed by atoms with E-state index in [0.717, 1.165) is 0 Å². The SMILES string of the molecule is CN(C)C.CNC.COC(C)=O.CSC.Cc1cccn1C. The molecule has 0 aliphatic rings. The van der Waals surface area contributed by atoms with Gasteiger partial charge in [-0.3, -0.25) is 4.79 Å². The molecule has 0 aliphatic heterocycles. The van der Waals surface area contributed by atoms with E-state index in [-0.39, 0.29) is 5.97 Å². The molecule has 0 unspecified atom stereocenters. The lowest BCUT2D eigenvalue weighted by atomic mass is 10.5. The van der Waals surface area contributed by atoms with Gasteiger partial charge >= 0.3 is 5.97 Å². The molecular weight excluding hydrogens is 298 g/mol. The molecule has 6 heteroatoms. The van der Waals surface area contributed by atoms with Crippen LogP contribution in [0.3, 0.4) is 0 Å². The van der Waals surface area contributed by atoms with E-state index in [0.29, 0.717) is 0 Å². The molecule has 1 rings (SSSR count). The van der Waals surface area contributed by atoms with Crippen LogP contribution in [0.15, 0.2) is 18.3 Å². The molecule has 1 heterocycles. The average molecular weight is 336 g/mol. The number of ether oxygens (including phenoxy) is 1. The highest BCUT2D eigenvalue weighted by Crippen LogP contribution is 1.93. The number of rotatable bonds is 0. The lowest BCUT2D eigenvalue weighted by Crippen LogP contribution is -1.99. The highest BCUT2D eigenvalue weighted by Gasteiger charge is 1.82. The fraction of sp³-hybridized carbons (Fsp3) is 0.688. The fourth-order valence-electron chi connectivity index (χ4n) is 0.547. The largest absolute Gasteiger partial charge is 0.469 e. The van der Waals surface area contributed by atoms with E-state index < -0.39 is 0 Å². The Bertz CT molecular complexity index is 295. The Hall–Kier alpha value is -0.980. The summed E-state index contributed by atoms with van der Waals surface area (Å²) in [5, 5.41) is 2.75. The van der Waals surface area contributed by atoms with Crippen molar-refractivity contribution in [2.75, 3.05) is 54.9 Å². The molecule has 0 saturated carbocycles. The average Bonchev–Trinajstić information content (AvgIpc) is 2.75. The number of nitrogens with one attached hydrogen (secondary N) is 1. The minimum atomic E-state index is -0.245. The molecule has 0 aromatic carbocycles. The molecule has 0 aliphatic carbocycles. The maximum absolute atomic E-state index is 9.59. The van der Waals surface area contributed by atoms with Gasteiger partial charge in [0.25, 0.3) is 0 Å². The van der Waals surface area contributed by atoms with Gasteiger partial charge in [0.2, 0.25) is 0 Å². The van der Waals surface area contributed by atoms with E-state index in [1.54, 1.807) is 11.8 Å². The molecule has 0 amide bonds. The topological polar surface area (TPSA) is 46.5 Å². The molecule has 0 spiro atoms. The zero-order chi connectivity index (χ0) is 18.6. The van der Waals surface area contributed by atoms with Gasteiger partial charge in [-0.25, -0.2) is 0 Å². The third-order valence-corrected chi connectivity index (χ3v) is 1.49. The van der Waals surface area contributed by atoms with Gasteiger partial charge in [-0.05, 0) is 66.8 Å². The lowest BCUT2D eigenvalue weighted by Gasteiger charge is -1.90. The normalized spacial score (nSPS) is 7.82. The van der Waals surface area contributed by atoms with Crippen LogP contribution in [0.4, 0.5) is 0 Å². The lowest BCUT2D eigenvalue weighted by molar-refractivity contribution is -0.137. The molecule has 0 atom stereocenters. The fourth-order valence-corrected chi connectivity index (χ4v) is 0.547. The van der Waals surface area contributed by atoms with Gasteiger partial charge in [0.1, 0.15) is 0 Å². The van der Waals surface area contributed by atoms with Gasteiger partial charge in [0, 0.05) is 25.9 Å². The van der Waals surface area contributed by atoms with Crippen molar-refractivity contribution >= 4 is 17.7 Å². The summed E-state index contributed by atoms with van der Waals surface area (Å²) in [6, 6.07) is 4.12. The predicted octanol–water partition coefficient (Wildman–Crippen LogP) is 2.51. The molecule has 22 heavy (non-hydrogen) atoms. The smallest absolute Gasteiger partial charge is 0.302 e. The number of nitrogens with zero attached hydrogens (tertiary/aromatic N) is 2. The van der Waals surface area contributed by atoms with Crippen LogP contribution in [0.25, 0.3) is 0 Å². The Morgan fingerprint density at radius 1 is 1.27 bits per heavy atom. The molecule has 5 nitrogen and oxygen atoms in total. The van der Waals surface area contributed by atoms with Gasteiger partial charge < -0.3 is 19.5 Å². The zero-order valence-electron chi connectivity index (χ0n) is 16.4. The van der Waals surface area contributed by atoms with Crippen LogP contribution in [-0.2, 0) is 16.6 Å². The Kier molecular flexibility index (Phi) is 33.1. The van der Waals surface area contributed by atoms with Gasteiger partial charge in [-0.15, -0.1) is 0 Å². The van der Waals surface area contributed by atoms with Gasteiger partial charge in [0.05, 0.1) is 7.11 Å². The van der Waals surface area contributed by atoms with Crippen molar-refractivity contribution < 1.29 is 9.53 Å². The monoisotopic (exact) mass is 335 g/mol. The Morgan fingerprint density at radius 3 is 1.59 bits per heavy atom. The van der Waals surface area contributed by atoms with E-state index in [1.165, 1.54) is 19.7 Å². The maximum Gasteiger partial charge on any atom is 0.302 e. The summed E-state index contributed by atoms with van der Waals surface area (Å²) in [5.74, 6) is -0.245. The summed E-state index contributed by atoms with van der Waals surface area (Å²) in [6.07, 6.45) is 6.12. The minimum Gasteiger partial charge on any atom is -0.469 e. The highest BCUT2D eigenvalue weighted by molar-refractivity contribution is 7.97. The highest BCUT2D eigenvalue weighted by atomic mass is 32.2. The van der Waals surface area contributed by atoms with Crippen LogP contribution in [-0.4, -0.2) is 70.3 Å². The van der Waals surface area contributed by atoms with Crippen molar-refractivity contribution in [2.24, 2.45) is 7.05 Å². The van der Waals surface area contributed by atoms with Crippen LogP contribution in [0.1, 0.15) is 12.6 Å². The number of carbonyl (C=O) groups is 1. The second kappa shape index (κ2) is 25.0. The number of thioether (sulfide) groups is 1. The first-order chi connectivity index (χ1) is 10.1. The van der Waals surface area contributed by atoms with E-state index in [4.69, 9.17) is 0 Å². The summed E-state index contributed by atoms with van der Waals surface area (Å²) in [6.45, 7) is 3.44. The molecule has 0 fully saturated rings. The first-order valence-electron chi connectivity index (χ1n) is 6.86. The van der Waals surface area contributed by atoms with Crippen molar-refractivity contribution in [1.82, 2.24) is 14.8 Å². The van der Waals surface area contributed by atoms with Crippen LogP contribution in [0.5, 0.6) is 0 Å². The summed E-state index contributed by atoms with van der Waals surface area (Å²) in [5.41, 5.74) is 1.31. The van der Waals surface area contributed by atoms with Crippen LogP contribution >= 0.6 is 11.8 Å². The van der Waals surface area contributed by atoms with Crippen molar-refractivity contribution in [1.29, 1.82) is 0 Å². The summed E-state index contributed by atoms with van der Waals surface area (Å²) < 4.78 is 6.19. The zero-order valence-corrected chi connectivity index (χ0v) is 17.2. The number of hydrogen-bond donors (Lipinski definition) is 1. The molecule has 1 aromatic heterocycles. The summed E-state index contributed by atoms with van der Waals surface area (Å²) in [4.78, 5) is 11.6. The predicted molar refractivity (Wildman–Crippen MR) is 102 cm³/mol. The van der Waals surface area contributed by atoms with Crippen LogP contribution in [0, 0.1) is 6.92 Å². The second-order valence-electron chi connectivity index (χ2n) is 4.71. The third kappa shape index (κ3) is 50.9. The molecule has 134 valence electrons. The second-order valence-corrected chi connectivity index (χ2v) is 5.52. The molecule has 0 radical (unpaired) electrons. The molecule has 1 aromatic rings. The number of carbonyl (C=O) groups excluding carboxylic acids is 1. The first kappa shape index (κ1) is 29.1. The standard InChI is InChI=1S/C6H9N.C3H9N.C3H6O2.C2H7N.C2H6S/c1-6-4-3-5-7(6)2;1-4(2)3;1-3(4)5-2;2*1-3-2/h3-5H,1-2H3;1-3H3;1-2H3;3H,1-2H3;1-2H3. The molecule has 0 saturated heterocycles. The molecule has 1 N–H and O–H groups in total. The van der Waals surface area contributed by atoms with E-state index >= 15 is 0 Å². The minimum absolute atomic E-state index is 0.245. The van der Waals surface area contributed by atoms with Gasteiger partial charge in [-0.2, -0.15) is 11.8 Å². The van der Waals surface area contributed by atoms with Gasteiger partial charge in [-0.1, -0.05) is 0 Å². The number of esters is 1. The van der Waals surface area contributed by atoms with E-state index in [2.05, 4.69) is 27.6 Å². The number of hydrogen-bond acceptors (Lipinski definition) is 5. The molecule has 0 bridgehead atoms. The summed E-state index contributed by atoms with van der Waals surface area (Å²) in [7, 11) is 13.1. The van der Waals surface area contributed by atoms with Crippen molar-refractivity contribution in [3.05, 3.63) is 24.0 Å². The number of methoxy groups -OCH3 is 1. The van der Waals surface area contributed by atoms with Gasteiger partial charge in [0.15, 0.2) is 0 Å². The number of aromatic nitrogens is 1. The quantitative estimate of drug-likeness (QED) is 0.738. The Labute approximate surface area is 142 Å². The number of aryl methyl sites for hydroxylation is 2. The maximum atomic E-state index is 9.59. The van der Waals surface area contributed by atoms with Crippen molar-refractivity contribution in [3.8, 4) is 0 Å². The first-order valence-corrected chi connectivity index (χ1v) is 8.49. The third-order valence-electron chi connectivity index (χ3n) is 1.49. The van der Waals surface area contributed by atoms with Crippen molar-refractivity contribution in [2.45, 2.75) is 13.8 Å². The van der Waals surface area contributed by atoms with Crippen LogP contribution in [0.2, 0.25) is 0 Å². The van der Waals surface area contributed by atoms with Crippen LogP contribution < -0.4 is 5.32 Å².